The van der Waals surface area contributed by atoms with E-state index >= 15 is 0 Å². The summed E-state index contributed by atoms with van der Waals surface area (Å²) in [4.78, 5) is 24.0. The molecule has 5 heteroatoms. The van der Waals surface area contributed by atoms with Crippen LogP contribution in [0.4, 0.5) is 0 Å². The van der Waals surface area contributed by atoms with Gasteiger partial charge in [-0.3, -0.25) is 0 Å². The summed E-state index contributed by atoms with van der Waals surface area (Å²) in [5, 5.41) is 9.64. The van der Waals surface area contributed by atoms with Crippen molar-refractivity contribution >= 4 is 16.9 Å². The Morgan fingerprint density at radius 1 is 1.13 bits per heavy atom. The maximum atomic E-state index is 12.1. The molecule has 0 fully saturated rings. The van der Waals surface area contributed by atoms with E-state index < -0.39 is 11.6 Å². The van der Waals surface area contributed by atoms with Crippen LogP contribution in [0.2, 0.25) is 0 Å². The molecule has 0 aliphatic carbocycles. The van der Waals surface area contributed by atoms with E-state index in [4.69, 9.17) is 14.4 Å². The van der Waals surface area contributed by atoms with Crippen molar-refractivity contribution in [3.8, 4) is 6.07 Å². The van der Waals surface area contributed by atoms with Crippen molar-refractivity contribution in [1.29, 1.82) is 5.26 Å². The molecule has 0 saturated carbocycles. The fourth-order valence-electron chi connectivity index (χ4n) is 2.18. The highest BCUT2D eigenvalue weighted by atomic mass is 16.5. The van der Waals surface area contributed by atoms with Gasteiger partial charge >= 0.3 is 11.6 Å². The first kappa shape index (κ1) is 14.5. The molecule has 0 bridgehead atoms. The second-order valence-corrected chi connectivity index (χ2v) is 4.83. The Morgan fingerprint density at radius 2 is 1.87 bits per heavy atom. The number of nitriles is 1. The van der Waals surface area contributed by atoms with Gasteiger partial charge in [-0.1, -0.05) is 36.4 Å². The average molecular weight is 305 g/mol. The zero-order chi connectivity index (χ0) is 16.2. The van der Waals surface area contributed by atoms with E-state index in [1.165, 1.54) is 6.07 Å². The third kappa shape index (κ3) is 2.97. The molecule has 112 valence electrons. The Balaban J connectivity index is 1.85. The van der Waals surface area contributed by atoms with E-state index in [1.54, 1.807) is 48.5 Å². The van der Waals surface area contributed by atoms with Gasteiger partial charge in [-0.25, -0.2) is 9.59 Å². The lowest BCUT2D eigenvalue weighted by Gasteiger charge is -2.06. The number of benzene rings is 2. The highest BCUT2D eigenvalue weighted by Gasteiger charge is 2.15. The van der Waals surface area contributed by atoms with E-state index in [2.05, 4.69) is 0 Å². The van der Waals surface area contributed by atoms with Crippen LogP contribution in [-0.4, -0.2) is 5.97 Å². The normalized spacial score (nSPS) is 10.2. The number of rotatable bonds is 3. The monoisotopic (exact) mass is 305 g/mol. The maximum Gasteiger partial charge on any atom is 0.351 e. The smallest absolute Gasteiger partial charge is 0.351 e. The Bertz CT molecular complexity index is 982. The lowest BCUT2D eigenvalue weighted by Crippen LogP contribution is -2.16. The van der Waals surface area contributed by atoms with E-state index in [1.807, 2.05) is 6.07 Å². The molecule has 5 nitrogen and oxygen atoms in total. The number of fused-ring (bicyclic) bond motifs is 1. The number of ether oxygens (including phenoxy) is 1. The van der Waals surface area contributed by atoms with Gasteiger partial charge in [-0.2, -0.15) is 5.26 Å². The van der Waals surface area contributed by atoms with Crippen molar-refractivity contribution < 1.29 is 13.9 Å². The number of para-hydroxylation sites is 1. The molecular weight excluding hydrogens is 294 g/mol. The summed E-state index contributed by atoms with van der Waals surface area (Å²) in [5.41, 5.74) is 0.489. The molecule has 0 aliphatic rings. The van der Waals surface area contributed by atoms with Gasteiger partial charge in [0.1, 0.15) is 17.8 Å². The van der Waals surface area contributed by atoms with Crippen molar-refractivity contribution in [2.24, 2.45) is 0 Å². The standard InChI is InChI=1S/C18H11NO4/c19-10-13-6-1-2-7-14(13)11-22-17(20)15-9-12-5-3-4-8-16(12)23-18(15)21/h1-9H,11H2. The van der Waals surface area contributed by atoms with E-state index in [0.29, 0.717) is 22.1 Å². The zero-order valence-electron chi connectivity index (χ0n) is 12.0. The third-order valence-electron chi connectivity index (χ3n) is 3.36. The van der Waals surface area contributed by atoms with Crippen molar-refractivity contribution in [3.05, 3.63) is 81.7 Å². The first-order valence-corrected chi connectivity index (χ1v) is 6.87. The largest absolute Gasteiger partial charge is 0.457 e. The fraction of sp³-hybridized carbons (Fsp3) is 0.0556. The lowest BCUT2D eigenvalue weighted by atomic mass is 10.1. The van der Waals surface area contributed by atoms with Gasteiger partial charge < -0.3 is 9.15 Å². The number of hydrogen-bond donors (Lipinski definition) is 0. The van der Waals surface area contributed by atoms with E-state index in [0.717, 1.165) is 0 Å². The van der Waals surface area contributed by atoms with Crippen LogP contribution in [0.15, 0.2) is 63.8 Å². The topological polar surface area (TPSA) is 80.3 Å². The van der Waals surface area contributed by atoms with Crippen molar-refractivity contribution in [1.82, 2.24) is 0 Å². The van der Waals surface area contributed by atoms with Crippen LogP contribution in [0.5, 0.6) is 0 Å². The molecule has 0 unspecified atom stereocenters. The molecule has 3 rings (SSSR count). The molecule has 23 heavy (non-hydrogen) atoms. The van der Waals surface area contributed by atoms with E-state index in [-0.39, 0.29) is 12.2 Å². The average Bonchev–Trinajstić information content (AvgIpc) is 2.59. The minimum atomic E-state index is -0.780. The highest BCUT2D eigenvalue weighted by molar-refractivity contribution is 5.92. The van der Waals surface area contributed by atoms with Crippen molar-refractivity contribution in [3.63, 3.8) is 0 Å². The number of carbonyl (C=O) groups excluding carboxylic acids is 1. The first-order valence-electron chi connectivity index (χ1n) is 6.87. The van der Waals surface area contributed by atoms with Gasteiger partial charge in [0, 0.05) is 10.9 Å². The number of hydrogen-bond acceptors (Lipinski definition) is 5. The lowest BCUT2D eigenvalue weighted by molar-refractivity contribution is 0.0468. The molecule has 0 amide bonds. The predicted octanol–water partition coefficient (Wildman–Crippen LogP) is 3.02. The Kier molecular flexibility index (Phi) is 3.89. The summed E-state index contributed by atoms with van der Waals surface area (Å²) in [6, 6.07) is 17.2. The van der Waals surface area contributed by atoms with Gasteiger partial charge in [-0.05, 0) is 18.2 Å². The zero-order valence-corrected chi connectivity index (χ0v) is 12.0. The summed E-state index contributed by atoms with van der Waals surface area (Å²) in [6.07, 6.45) is 0. The second-order valence-electron chi connectivity index (χ2n) is 4.83. The number of nitrogens with zero attached hydrogens (tertiary/aromatic N) is 1. The van der Waals surface area contributed by atoms with Crippen molar-refractivity contribution in [2.75, 3.05) is 0 Å². The Morgan fingerprint density at radius 3 is 2.70 bits per heavy atom. The Labute approximate surface area is 131 Å². The molecule has 0 spiro atoms. The predicted molar refractivity (Wildman–Crippen MR) is 82.8 cm³/mol. The third-order valence-corrected chi connectivity index (χ3v) is 3.36. The summed E-state index contributed by atoms with van der Waals surface area (Å²) < 4.78 is 10.2. The SMILES string of the molecule is N#Cc1ccccc1COC(=O)c1cc2ccccc2oc1=O. The molecular formula is C18H11NO4. The first-order chi connectivity index (χ1) is 11.2. The van der Waals surface area contributed by atoms with Gasteiger partial charge in [-0.15, -0.1) is 0 Å². The molecule has 1 heterocycles. The van der Waals surface area contributed by atoms with Crippen LogP contribution < -0.4 is 5.63 Å². The van der Waals surface area contributed by atoms with Crippen LogP contribution in [0, 0.1) is 11.3 Å². The fourth-order valence-corrected chi connectivity index (χ4v) is 2.18. The summed E-state index contributed by atoms with van der Waals surface area (Å²) in [5.74, 6) is -0.780. The minimum Gasteiger partial charge on any atom is -0.457 e. The quantitative estimate of drug-likeness (QED) is 0.549. The molecule has 2 aromatic carbocycles. The molecule has 0 N–H and O–H groups in total. The molecule has 0 atom stereocenters. The highest BCUT2D eigenvalue weighted by Crippen LogP contribution is 2.14. The Hall–Kier alpha value is -3.39. The molecule has 0 saturated heterocycles. The van der Waals surface area contributed by atoms with Crippen LogP contribution >= 0.6 is 0 Å². The summed E-state index contributed by atoms with van der Waals surface area (Å²) in [7, 11) is 0. The van der Waals surface area contributed by atoms with Crippen LogP contribution in [0.1, 0.15) is 21.5 Å². The second kappa shape index (κ2) is 6.16. The summed E-state index contributed by atoms with van der Waals surface area (Å²) >= 11 is 0. The van der Waals surface area contributed by atoms with Gasteiger partial charge in [0.15, 0.2) is 0 Å². The maximum absolute atomic E-state index is 12.1. The minimum absolute atomic E-state index is 0.0885. The van der Waals surface area contributed by atoms with Crippen LogP contribution in [0.3, 0.4) is 0 Å². The van der Waals surface area contributed by atoms with Gasteiger partial charge in [0.05, 0.1) is 11.6 Å². The van der Waals surface area contributed by atoms with Crippen LogP contribution in [-0.2, 0) is 11.3 Å². The summed E-state index contributed by atoms with van der Waals surface area (Å²) in [6.45, 7) is -0.0885. The number of esters is 1. The van der Waals surface area contributed by atoms with Crippen LogP contribution in [0.25, 0.3) is 11.0 Å². The molecule has 0 aliphatic heterocycles. The van der Waals surface area contributed by atoms with E-state index in [9.17, 15) is 9.59 Å². The molecule has 0 radical (unpaired) electrons. The van der Waals surface area contributed by atoms with Gasteiger partial charge in [0.2, 0.25) is 0 Å². The number of carbonyl (C=O) groups is 1. The van der Waals surface area contributed by atoms with Gasteiger partial charge in [0.25, 0.3) is 0 Å². The van der Waals surface area contributed by atoms with Crippen molar-refractivity contribution in [2.45, 2.75) is 6.61 Å². The molecule has 1 aromatic heterocycles. The molecule has 3 aromatic rings.